The smallest absolute Gasteiger partial charge is 0.343 e. The number of carboxylic acid groups (broad SMARTS) is 1. The molecule has 1 N–H and O–H groups in total. The average molecular weight is 247 g/mol. The van der Waals surface area contributed by atoms with E-state index < -0.39 is 5.97 Å². The third kappa shape index (κ3) is 1.89. The molecular weight excluding hydrogens is 232 g/mol. The lowest BCUT2D eigenvalue weighted by molar-refractivity contribution is -0.132. The highest BCUT2D eigenvalue weighted by atomic mass is 16.5. The standard InChI is InChI=1S/C13H14N2O3/c1-9-10(13(16)17)8-15(2,14-9)11-6-4-5-7-12(11)18-3/h4-8H,1-3H3/p+1. The fraction of sp³-hybridized carbons (Fsp3) is 0.231. The zero-order valence-electron chi connectivity index (χ0n) is 10.5. The topological polar surface area (TPSA) is 58.9 Å². The highest BCUT2D eigenvalue weighted by Gasteiger charge is 2.36. The fourth-order valence-corrected chi connectivity index (χ4v) is 2.08. The van der Waals surface area contributed by atoms with Crippen LogP contribution in [0.3, 0.4) is 0 Å². The van der Waals surface area contributed by atoms with Gasteiger partial charge in [0, 0.05) is 6.07 Å². The summed E-state index contributed by atoms with van der Waals surface area (Å²) in [6, 6.07) is 7.44. The van der Waals surface area contributed by atoms with Crippen molar-refractivity contribution in [3.63, 3.8) is 0 Å². The lowest BCUT2D eigenvalue weighted by Crippen LogP contribution is -2.31. The molecule has 94 valence electrons. The van der Waals surface area contributed by atoms with Gasteiger partial charge in [-0.2, -0.15) is 0 Å². The van der Waals surface area contributed by atoms with Crippen LogP contribution in [0.1, 0.15) is 6.92 Å². The van der Waals surface area contributed by atoms with Crippen molar-refractivity contribution < 1.29 is 14.6 Å². The molecule has 0 saturated heterocycles. The summed E-state index contributed by atoms with van der Waals surface area (Å²) in [6.07, 6.45) is 1.61. The summed E-state index contributed by atoms with van der Waals surface area (Å²) in [7, 11) is 3.40. The molecule has 0 fully saturated rings. The second kappa shape index (κ2) is 4.27. The Morgan fingerprint density at radius 3 is 2.61 bits per heavy atom. The second-order valence-electron chi connectivity index (χ2n) is 4.23. The zero-order valence-corrected chi connectivity index (χ0v) is 10.5. The van der Waals surface area contributed by atoms with Crippen molar-refractivity contribution >= 4 is 17.4 Å². The molecule has 1 atom stereocenters. The van der Waals surface area contributed by atoms with E-state index in [2.05, 4.69) is 5.10 Å². The lowest BCUT2D eigenvalue weighted by atomic mass is 10.2. The molecule has 0 saturated carbocycles. The number of hydrogen-bond donors (Lipinski definition) is 1. The normalized spacial score (nSPS) is 22.4. The van der Waals surface area contributed by atoms with Crippen LogP contribution in [0.5, 0.6) is 5.75 Å². The minimum absolute atomic E-state index is 0.0531. The first-order chi connectivity index (χ1) is 8.48. The number of aliphatic carboxylic acids is 1. The number of benzene rings is 1. The molecule has 1 aliphatic rings. The molecule has 0 amide bonds. The third-order valence-corrected chi connectivity index (χ3v) is 2.93. The molecule has 18 heavy (non-hydrogen) atoms. The van der Waals surface area contributed by atoms with Crippen LogP contribution in [0, 0.1) is 0 Å². The Balaban J connectivity index is 2.55. The largest absolute Gasteiger partial charge is 0.491 e. The van der Waals surface area contributed by atoms with Crippen LogP contribution in [0.25, 0.3) is 0 Å². The van der Waals surface area contributed by atoms with E-state index in [0.717, 1.165) is 5.69 Å². The summed E-state index contributed by atoms with van der Waals surface area (Å²) in [5, 5.41) is 13.5. The first-order valence-corrected chi connectivity index (χ1v) is 5.51. The Morgan fingerprint density at radius 2 is 2.06 bits per heavy atom. The highest BCUT2D eigenvalue weighted by molar-refractivity contribution is 6.19. The summed E-state index contributed by atoms with van der Waals surface area (Å²) in [5.41, 5.74) is 1.54. The monoisotopic (exact) mass is 247 g/mol. The van der Waals surface area contributed by atoms with Crippen LogP contribution in [-0.2, 0) is 4.79 Å². The van der Waals surface area contributed by atoms with Gasteiger partial charge in [-0.1, -0.05) is 17.2 Å². The molecule has 1 aromatic rings. The maximum absolute atomic E-state index is 11.1. The Hall–Kier alpha value is -2.14. The SMILES string of the molecule is COc1ccccc1[N+]1(C)C=C(C(=O)O)C(C)=N1. The van der Waals surface area contributed by atoms with Crippen molar-refractivity contribution in [2.45, 2.75) is 6.92 Å². The Labute approximate surface area is 105 Å². The summed E-state index contributed by atoms with van der Waals surface area (Å²) in [4.78, 5) is 11.1. The lowest BCUT2D eigenvalue weighted by Gasteiger charge is -2.21. The molecular formula is C13H15N2O3+. The van der Waals surface area contributed by atoms with Crippen molar-refractivity contribution in [1.29, 1.82) is 0 Å². The predicted octanol–water partition coefficient (Wildman–Crippen LogP) is 1.99. The fourth-order valence-electron chi connectivity index (χ4n) is 2.08. The van der Waals surface area contributed by atoms with Gasteiger partial charge in [-0.25, -0.2) is 4.79 Å². The average Bonchev–Trinajstić information content (AvgIpc) is 2.66. The molecule has 1 aromatic carbocycles. The van der Waals surface area contributed by atoms with E-state index in [1.54, 1.807) is 20.2 Å². The number of methoxy groups -OCH3 is 1. The Kier molecular flexibility index (Phi) is 2.92. The molecule has 1 unspecified atom stereocenters. The number of carbonyl (C=O) groups is 1. The zero-order chi connectivity index (χ0) is 13.3. The van der Waals surface area contributed by atoms with Gasteiger partial charge in [0.2, 0.25) is 5.69 Å². The van der Waals surface area contributed by atoms with Crippen molar-refractivity contribution in [3.8, 4) is 5.75 Å². The van der Waals surface area contributed by atoms with Gasteiger partial charge in [-0.05, 0) is 13.0 Å². The highest BCUT2D eigenvalue weighted by Crippen LogP contribution is 2.36. The summed E-state index contributed by atoms with van der Waals surface area (Å²) >= 11 is 0. The number of nitrogens with zero attached hydrogens (tertiary/aromatic N) is 2. The van der Waals surface area contributed by atoms with E-state index in [4.69, 9.17) is 9.84 Å². The van der Waals surface area contributed by atoms with E-state index in [0.29, 0.717) is 11.5 Å². The maximum Gasteiger partial charge on any atom is 0.343 e. The third-order valence-electron chi connectivity index (χ3n) is 2.93. The quantitative estimate of drug-likeness (QED) is 0.831. The van der Waals surface area contributed by atoms with E-state index in [1.165, 1.54) is 0 Å². The number of hydrogen-bond acceptors (Lipinski definition) is 3. The molecule has 0 bridgehead atoms. The van der Waals surface area contributed by atoms with E-state index in [9.17, 15) is 4.79 Å². The first-order valence-electron chi connectivity index (χ1n) is 5.51. The molecule has 0 radical (unpaired) electrons. The molecule has 2 rings (SSSR count). The number of para-hydroxylation sites is 2. The van der Waals surface area contributed by atoms with Gasteiger partial charge in [0.1, 0.15) is 24.5 Å². The molecule has 0 aliphatic carbocycles. The second-order valence-corrected chi connectivity index (χ2v) is 4.23. The number of ether oxygens (including phenoxy) is 1. The van der Waals surface area contributed by atoms with Crippen LogP contribution in [0.15, 0.2) is 41.1 Å². The van der Waals surface area contributed by atoms with Crippen LogP contribution in [0.2, 0.25) is 0 Å². The Bertz CT molecular complexity index is 563. The van der Waals surface area contributed by atoms with Gasteiger partial charge < -0.3 is 9.84 Å². The number of carboxylic acids is 1. The van der Waals surface area contributed by atoms with E-state index >= 15 is 0 Å². The van der Waals surface area contributed by atoms with Gasteiger partial charge in [0.05, 0.1) is 7.11 Å². The van der Waals surface area contributed by atoms with Crippen LogP contribution >= 0.6 is 0 Å². The van der Waals surface area contributed by atoms with Crippen molar-refractivity contribution in [2.75, 3.05) is 14.2 Å². The number of rotatable bonds is 3. The van der Waals surface area contributed by atoms with E-state index in [-0.39, 0.29) is 10.2 Å². The van der Waals surface area contributed by atoms with Gasteiger partial charge in [0.15, 0.2) is 5.75 Å². The molecule has 5 nitrogen and oxygen atoms in total. The van der Waals surface area contributed by atoms with Crippen molar-refractivity contribution in [2.24, 2.45) is 5.10 Å². The summed E-state index contributed by atoms with van der Waals surface area (Å²) in [6.45, 7) is 1.69. The summed E-state index contributed by atoms with van der Waals surface area (Å²) in [5.74, 6) is -0.285. The van der Waals surface area contributed by atoms with Gasteiger partial charge in [0.25, 0.3) is 0 Å². The van der Waals surface area contributed by atoms with Gasteiger partial charge in [-0.15, -0.1) is 4.59 Å². The minimum Gasteiger partial charge on any atom is -0.491 e. The van der Waals surface area contributed by atoms with Crippen LogP contribution in [0.4, 0.5) is 5.69 Å². The minimum atomic E-state index is -0.965. The maximum atomic E-state index is 11.1. The van der Waals surface area contributed by atoms with Crippen molar-refractivity contribution in [3.05, 3.63) is 36.0 Å². The molecule has 1 aliphatic heterocycles. The van der Waals surface area contributed by atoms with Gasteiger partial charge >= 0.3 is 5.97 Å². The molecule has 5 heteroatoms. The number of quaternary nitrogens is 1. The summed E-state index contributed by atoms with van der Waals surface area (Å²) < 4.78 is 5.35. The predicted molar refractivity (Wildman–Crippen MR) is 69.5 cm³/mol. The Morgan fingerprint density at radius 1 is 1.39 bits per heavy atom. The molecule has 0 aromatic heterocycles. The first kappa shape index (κ1) is 12.3. The molecule has 1 heterocycles. The van der Waals surface area contributed by atoms with Gasteiger partial charge in [-0.3, -0.25) is 0 Å². The van der Waals surface area contributed by atoms with Crippen LogP contribution < -0.4 is 9.33 Å². The molecule has 0 spiro atoms. The van der Waals surface area contributed by atoms with Crippen molar-refractivity contribution in [1.82, 2.24) is 4.59 Å². The van der Waals surface area contributed by atoms with E-state index in [1.807, 2.05) is 31.3 Å². The van der Waals surface area contributed by atoms with Crippen LogP contribution in [-0.4, -0.2) is 30.9 Å².